The number of rotatable bonds is 12. The predicted octanol–water partition coefficient (Wildman–Crippen LogP) is 16.7. The number of halogens is 9. The average molecular weight is 1820 g/mol. The Morgan fingerprint density at radius 1 is 0.421 bits per heavy atom. The molecule has 0 atom stereocenters. The van der Waals surface area contributed by atoms with Crippen molar-refractivity contribution in [1.82, 2.24) is 29.9 Å². The van der Waals surface area contributed by atoms with E-state index < -0.39 is 32.2 Å². The largest absolute Gasteiger partial charge is 0.0622 e. The Kier molecular flexibility index (Phi) is 42.7. The first-order chi connectivity index (χ1) is 45.7. The monoisotopic (exact) mass is 1820 g/mol. The number of aliphatic hydroxyl groups is 2. The van der Waals surface area contributed by atoms with Gasteiger partial charge >= 0.3 is 42.1 Å². The first-order valence-electron chi connectivity index (χ1n) is 27.6. The smallest absolute Gasteiger partial charge is 0.0134 e. The summed E-state index contributed by atoms with van der Waals surface area (Å²) in [6.07, 6.45) is 10.3. The summed E-state index contributed by atoms with van der Waals surface area (Å²) < 4.78 is 12.5. The summed E-state index contributed by atoms with van der Waals surface area (Å²) in [4.78, 5) is 24.6. The molecule has 0 bridgehead atoms. The molecule has 0 unspecified atom stereocenters. The topological polar surface area (TPSA) is 175 Å². The standard InChI is InChI=1S/2C18H15P.C11H8BrClN2.C11H9BrN2O.C7H9BO3.C4H2BrIN2.CH4.Cl2OS.2ClH.Pd/c2*1-4-10-16(11-5-1)19(17-12-6-2-7-13-17)18-14-8-3-9-15-18;12-10-6-14-11(15-7-10)9-3-1-2-8(4-9)5-13;12-10-5-13-11(14-6-10)9-3-1-2-8(4-9)7-15;9-5-6-2-1-3-7(4-6)8(10)11;5-3-1-7-4(6)8-2-3;;1-4(2)3;;;/h2*1-15H;1-4,6-7H,5H2;1-6,15H,7H2;1-4,9-11H,5H2;1-2H;1H4;;2*1H;/q;;;;;;;;;;+2/p-2. The fraction of sp³-hybridized carbons (Fsp3) is 0.0571. The molecular weight excluding hydrogens is 1760 g/mol. The molecule has 25 heteroatoms. The number of hydrogen-bond acceptors (Lipinski definition) is 11. The van der Waals surface area contributed by atoms with Crippen molar-refractivity contribution in [3.05, 3.63) is 326 Å². The van der Waals surface area contributed by atoms with Gasteiger partial charge in [0.2, 0.25) is 9.23 Å². The van der Waals surface area contributed by atoms with Gasteiger partial charge in [0.1, 0.15) is 0 Å². The van der Waals surface area contributed by atoms with Crippen LogP contribution in [0.25, 0.3) is 22.8 Å². The summed E-state index contributed by atoms with van der Waals surface area (Å²) in [5.41, 5.74) is 4.90. The Bertz CT molecular complexity index is 3610. The van der Waals surface area contributed by atoms with Gasteiger partial charge in [0, 0.05) is 98.1 Å². The van der Waals surface area contributed by atoms with Gasteiger partial charge < -0.3 is 20.3 Å². The first-order valence-corrected chi connectivity index (χ1v) is 41.1. The molecule has 11 nitrogen and oxygen atoms in total. The first kappa shape index (κ1) is 82.8. The van der Waals surface area contributed by atoms with E-state index in [9.17, 15) is 0 Å². The molecule has 0 saturated carbocycles. The SMILES string of the molecule is Brc1cnc(I)nc1.C.ClCc1cccc(-c2ncc(Br)cn2)c1.O=S(Cl)Cl.OCc1cccc(-c2ncc(Br)cn2)c1.OCc1cccc(B(O)O)c1.[Cl][Pd][Cl].c1ccc(P(c2ccccc2)c2ccccc2)cc1.c1ccc(P(c2ccccc2)c2ccccc2)cc1. The van der Waals surface area contributed by atoms with Gasteiger partial charge in [-0.3, -0.25) is 0 Å². The zero-order valence-corrected chi connectivity index (χ0v) is 64.2. The zero-order chi connectivity index (χ0) is 67.7. The number of aliphatic hydroxyl groups excluding tert-OH is 2. The van der Waals surface area contributed by atoms with Crippen molar-refractivity contribution < 1.29 is 40.4 Å². The molecule has 4 N–H and O–H groups in total. The van der Waals surface area contributed by atoms with Crippen molar-refractivity contribution in [2.24, 2.45) is 0 Å². The molecule has 3 aromatic heterocycles. The van der Waals surface area contributed by atoms with Crippen molar-refractivity contribution in [3.63, 3.8) is 0 Å². The number of alkyl halides is 1. The van der Waals surface area contributed by atoms with E-state index in [1.54, 1.807) is 61.4 Å². The van der Waals surface area contributed by atoms with E-state index in [-0.39, 0.29) is 36.6 Å². The fourth-order valence-corrected chi connectivity index (χ4v) is 13.7. The van der Waals surface area contributed by atoms with Gasteiger partial charge in [-0.1, -0.05) is 250 Å². The molecule has 0 spiro atoms. The maximum absolute atomic E-state index is 9.09. The molecular formula is C70H62BBr3Cl5IN6O5P2PdS. The van der Waals surface area contributed by atoms with Crippen LogP contribution in [0.2, 0.25) is 0 Å². The molecule has 0 saturated heterocycles. The molecule has 0 amide bonds. The Balaban J connectivity index is 0.000000241. The van der Waals surface area contributed by atoms with Crippen LogP contribution in [0.3, 0.4) is 0 Å². The summed E-state index contributed by atoms with van der Waals surface area (Å²) in [7, 11) is 14.6. The van der Waals surface area contributed by atoms with E-state index >= 15 is 0 Å². The Morgan fingerprint density at radius 2 is 0.674 bits per heavy atom. The molecule has 12 aromatic rings. The van der Waals surface area contributed by atoms with Crippen LogP contribution in [-0.2, 0) is 44.3 Å². The molecule has 12 rings (SSSR count). The number of nitrogens with zero attached hydrogens (tertiary/aromatic N) is 6. The third-order valence-corrected chi connectivity index (χ3v) is 19.0. The van der Waals surface area contributed by atoms with Crippen molar-refractivity contribution >= 4 is 192 Å². The third kappa shape index (κ3) is 32.3. The quantitative estimate of drug-likeness (QED) is 0.0229. The van der Waals surface area contributed by atoms with Crippen molar-refractivity contribution in [2.75, 3.05) is 0 Å². The molecule has 95 heavy (non-hydrogen) atoms. The van der Waals surface area contributed by atoms with E-state index in [0.29, 0.717) is 28.6 Å². The van der Waals surface area contributed by atoms with E-state index in [4.69, 9.17) is 55.1 Å². The average Bonchev–Trinajstić information content (AvgIpc) is 0.984. The minimum atomic E-state index is -1.67. The van der Waals surface area contributed by atoms with Crippen molar-refractivity contribution in [3.8, 4) is 22.8 Å². The second-order valence-electron chi connectivity index (χ2n) is 18.5. The summed E-state index contributed by atoms with van der Waals surface area (Å²) in [6, 6.07) is 86.6. The van der Waals surface area contributed by atoms with Crippen LogP contribution in [0.5, 0.6) is 0 Å². The van der Waals surface area contributed by atoms with Gasteiger partial charge in [-0.05, 0) is 130 Å². The summed E-state index contributed by atoms with van der Waals surface area (Å²) in [5, 5.41) is 43.5. The van der Waals surface area contributed by atoms with Gasteiger partial charge in [0.15, 0.2) is 15.5 Å². The molecule has 0 fully saturated rings. The Labute approximate surface area is 630 Å². The van der Waals surface area contributed by atoms with Gasteiger partial charge in [-0.15, -0.1) is 11.6 Å². The maximum Gasteiger partial charge on any atom is -0.0134 e. The Hall–Kier alpha value is -4.58. The van der Waals surface area contributed by atoms with E-state index in [1.165, 1.54) is 31.8 Å². The molecule has 0 radical (unpaired) electrons. The van der Waals surface area contributed by atoms with Crippen LogP contribution in [-0.4, -0.2) is 61.5 Å². The Morgan fingerprint density at radius 3 is 0.937 bits per heavy atom. The number of benzene rings is 9. The molecule has 0 aliphatic heterocycles. The zero-order valence-electron chi connectivity index (χ0n) is 49.3. The van der Waals surface area contributed by atoms with Gasteiger partial charge in [-0.25, -0.2) is 34.1 Å². The van der Waals surface area contributed by atoms with Crippen LogP contribution < -0.4 is 37.3 Å². The van der Waals surface area contributed by atoms with Crippen molar-refractivity contribution in [2.45, 2.75) is 26.5 Å². The van der Waals surface area contributed by atoms with E-state index in [2.05, 4.69) is 304 Å². The second-order valence-corrected chi connectivity index (χ2v) is 31.8. The van der Waals surface area contributed by atoms with Crippen LogP contribution in [0.15, 0.2) is 305 Å². The van der Waals surface area contributed by atoms with Crippen LogP contribution >= 0.6 is 138 Å². The molecule has 494 valence electrons. The summed E-state index contributed by atoms with van der Waals surface area (Å²) in [5.74, 6) is 1.88. The molecule has 0 aliphatic rings. The molecule has 9 aromatic carbocycles. The fourth-order valence-electron chi connectivity index (χ4n) is 8.03. The van der Waals surface area contributed by atoms with Crippen LogP contribution in [0.1, 0.15) is 24.1 Å². The summed E-state index contributed by atoms with van der Waals surface area (Å²) in [6.45, 7) is -0.0507. The number of aromatic nitrogens is 6. The van der Waals surface area contributed by atoms with Gasteiger partial charge in [-0.2, -0.15) is 0 Å². The van der Waals surface area contributed by atoms with E-state index in [0.717, 1.165) is 39.5 Å². The van der Waals surface area contributed by atoms with Crippen LogP contribution in [0, 0.1) is 3.83 Å². The van der Waals surface area contributed by atoms with Gasteiger partial charge in [0.05, 0.1) is 26.6 Å². The van der Waals surface area contributed by atoms with Crippen molar-refractivity contribution in [1.29, 1.82) is 0 Å². The third-order valence-electron chi connectivity index (χ3n) is 12.1. The minimum Gasteiger partial charge on any atom is -0.0622 e. The predicted molar refractivity (Wildman–Crippen MR) is 419 cm³/mol. The van der Waals surface area contributed by atoms with E-state index in [1.807, 2.05) is 48.5 Å². The maximum atomic E-state index is 9.09. The second kappa shape index (κ2) is 49.0. The minimum absolute atomic E-state index is 0. The summed E-state index contributed by atoms with van der Waals surface area (Å²) >= 11 is 17.5. The molecule has 3 heterocycles. The normalized spacial score (nSPS) is 9.98. The van der Waals surface area contributed by atoms with Gasteiger partial charge in [0.25, 0.3) is 0 Å². The number of hydrogen-bond donors (Lipinski definition) is 4. The van der Waals surface area contributed by atoms with Crippen LogP contribution in [0.4, 0.5) is 0 Å². The molecule has 0 aliphatic carbocycles.